The number of carboxylic acid groups (broad SMARTS) is 1. The smallest absolute Gasteiger partial charge is 0.326 e. The summed E-state index contributed by atoms with van der Waals surface area (Å²) in [5, 5.41) is 11.5. The van der Waals surface area contributed by atoms with Crippen LogP contribution in [-0.2, 0) is 19.6 Å². The van der Waals surface area contributed by atoms with Gasteiger partial charge in [-0.1, -0.05) is 38.5 Å². The van der Waals surface area contributed by atoms with Crippen molar-refractivity contribution in [2.24, 2.45) is 5.92 Å². The lowest BCUT2D eigenvalue weighted by molar-refractivity contribution is -0.143. The highest BCUT2D eigenvalue weighted by molar-refractivity contribution is 7.89. The van der Waals surface area contributed by atoms with Gasteiger partial charge in [0.1, 0.15) is 6.04 Å². The van der Waals surface area contributed by atoms with Crippen LogP contribution in [0.1, 0.15) is 26.7 Å². The number of sulfonamides is 1. The molecule has 0 spiro atoms. The SMILES string of the molecule is CC[C@H](C)[C@H](NC(=O)CCNS(=O)(=O)c1ccccc1)C(=O)O. The summed E-state index contributed by atoms with van der Waals surface area (Å²) in [4.78, 5) is 23.0. The monoisotopic (exact) mass is 342 g/mol. The Kier molecular flexibility index (Phi) is 7.18. The number of carbonyl (C=O) groups is 2. The van der Waals surface area contributed by atoms with Crippen molar-refractivity contribution in [2.45, 2.75) is 37.6 Å². The molecule has 3 N–H and O–H groups in total. The predicted octanol–water partition coefficient (Wildman–Crippen LogP) is 0.970. The molecule has 0 heterocycles. The van der Waals surface area contributed by atoms with E-state index in [4.69, 9.17) is 5.11 Å². The highest BCUT2D eigenvalue weighted by Crippen LogP contribution is 2.09. The second kappa shape index (κ2) is 8.64. The molecule has 0 fully saturated rings. The van der Waals surface area contributed by atoms with Crippen LogP contribution in [0.2, 0.25) is 0 Å². The minimum Gasteiger partial charge on any atom is -0.480 e. The molecule has 1 amide bonds. The molecule has 128 valence electrons. The summed E-state index contributed by atoms with van der Waals surface area (Å²) in [7, 11) is -3.67. The largest absolute Gasteiger partial charge is 0.480 e. The van der Waals surface area contributed by atoms with E-state index in [-0.39, 0.29) is 23.8 Å². The normalized spacial score (nSPS) is 14.0. The fourth-order valence-electron chi connectivity index (χ4n) is 1.91. The molecular formula is C15H22N2O5S. The summed E-state index contributed by atoms with van der Waals surface area (Å²) in [5.41, 5.74) is 0. The molecule has 0 unspecified atom stereocenters. The quantitative estimate of drug-likeness (QED) is 0.619. The van der Waals surface area contributed by atoms with Crippen molar-refractivity contribution < 1.29 is 23.1 Å². The van der Waals surface area contributed by atoms with Gasteiger partial charge in [0.25, 0.3) is 0 Å². The van der Waals surface area contributed by atoms with Gasteiger partial charge in [0, 0.05) is 13.0 Å². The van der Waals surface area contributed by atoms with Gasteiger partial charge in [-0.15, -0.1) is 0 Å². The van der Waals surface area contributed by atoms with Gasteiger partial charge in [-0.25, -0.2) is 17.9 Å². The van der Waals surface area contributed by atoms with Crippen LogP contribution in [0.5, 0.6) is 0 Å². The number of rotatable bonds is 9. The first kappa shape index (κ1) is 19.1. The minimum absolute atomic E-state index is 0.101. The van der Waals surface area contributed by atoms with Crippen molar-refractivity contribution in [3.63, 3.8) is 0 Å². The van der Waals surface area contributed by atoms with Crippen molar-refractivity contribution in [3.8, 4) is 0 Å². The fourth-order valence-corrected chi connectivity index (χ4v) is 2.96. The van der Waals surface area contributed by atoms with Crippen LogP contribution in [0.4, 0.5) is 0 Å². The van der Waals surface area contributed by atoms with Crippen LogP contribution in [0.25, 0.3) is 0 Å². The Morgan fingerprint density at radius 2 is 1.83 bits per heavy atom. The van der Waals surface area contributed by atoms with Crippen molar-refractivity contribution in [3.05, 3.63) is 30.3 Å². The Bertz CT molecular complexity index is 631. The lowest BCUT2D eigenvalue weighted by Gasteiger charge is -2.20. The molecule has 0 aliphatic heterocycles. The first-order valence-corrected chi connectivity index (χ1v) is 8.83. The van der Waals surface area contributed by atoms with E-state index in [0.29, 0.717) is 6.42 Å². The van der Waals surface area contributed by atoms with E-state index < -0.39 is 27.9 Å². The highest BCUT2D eigenvalue weighted by Gasteiger charge is 2.25. The Labute approximate surface area is 136 Å². The molecule has 0 aromatic heterocycles. The number of carboxylic acids is 1. The molecule has 1 aromatic carbocycles. The fraction of sp³-hybridized carbons (Fsp3) is 0.467. The minimum atomic E-state index is -3.67. The molecule has 0 radical (unpaired) electrons. The first-order chi connectivity index (χ1) is 10.8. The summed E-state index contributed by atoms with van der Waals surface area (Å²) in [6.07, 6.45) is 0.476. The van der Waals surface area contributed by atoms with Crippen LogP contribution >= 0.6 is 0 Å². The molecule has 1 rings (SSSR count). The summed E-state index contributed by atoms with van der Waals surface area (Å²) in [6.45, 7) is 3.47. The second-order valence-electron chi connectivity index (χ2n) is 5.23. The van der Waals surface area contributed by atoms with Gasteiger partial charge in [0.15, 0.2) is 0 Å². The molecule has 0 saturated heterocycles. The predicted molar refractivity (Wildman–Crippen MR) is 85.3 cm³/mol. The molecule has 0 bridgehead atoms. The van der Waals surface area contributed by atoms with Gasteiger partial charge in [-0.05, 0) is 18.1 Å². The van der Waals surface area contributed by atoms with Gasteiger partial charge in [0.2, 0.25) is 15.9 Å². The lowest BCUT2D eigenvalue weighted by Crippen LogP contribution is -2.45. The second-order valence-corrected chi connectivity index (χ2v) is 7.00. The molecule has 1 aromatic rings. The van der Waals surface area contributed by atoms with Gasteiger partial charge >= 0.3 is 5.97 Å². The zero-order chi connectivity index (χ0) is 17.5. The maximum Gasteiger partial charge on any atom is 0.326 e. The maximum absolute atomic E-state index is 12.0. The Hall–Kier alpha value is -1.93. The van der Waals surface area contributed by atoms with Crippen molar-refractivity contribution >= 4 is 21.9 Å². The van der Waals surface area contributed by atoms with Gasteiger partial charge in [-0.2, -0.15) is 0 Å². The lowest BCUT2D eigenvalue weighted by atomic mass is 9.99. The number of benzene rings is 1. The topological polar surface area (TPSA) is 113 Å². The number of carbonyl (C=O) groups excluding carboxylic acids is 1. The van der Waals surface area contributed by atoms with Crippen LogP contribution < -0.4 is 10.0 Å². The van der Waals surface area contributed by atoms with E-state index >= 15 is 0 Å². The summed E-state index contributed by atoms with van der Waals surface area (Å²) in [5.74, 6) is -1.82. The molecule has 8 heteroatoms. The number of hydrogen-bond acceptors (Lipinski definition) is 4. The molecule has 2 atom stereocenters. The zero-order valence-corrected chi connectivity index (χ0v) is 14.0. The van der Waals surface area contributed by atoms with Gasteiger partial charge in [-0.3, -0.25) is 4.79 Å². The highest BCUT2D eigenvalue weighted by atomic mass is 32.2. The van der Waals surface area contributed by atoms with E-state index in [0.717, 1.165) is 0 Å². The number of amides is 1. The summed E-state index contributed by atoms with van der Waals surface area (Å²) in [6, 6.07) is 6.83. The maximum atomic E-state index is 12.0. The van der Waals surface area contributed by atoms with Crippen LogP contribution in [0, 0.1) is 5.92 Å². The Balaban J connectivity index is 2.52. The third-order valence-electron chi connectivity index (χ3n) is 3.49. The van der Waals surface area contributed by atoms with Gasteiger partial charge < -0.3 is 10.4 Å². The molecule has 7 nitrogen and oxygen atoms in total. The van der Waals surface area contributed by atoms with Gasteiger partial charge in [0.05, 0.1) is 4.90 Å². The molecule has 0 aliphatic carbocycles. The van der Waals surface area contributed by atoms with Crippen molar-refractivity contribution in [1.29, 1.82) is 0 Å². The molecule has 0 saturated carbocycles. The summed E-state index contributed by atoms with van der Waals surface area (Å²) >= 11 is 0. The van der Waals surface area contributed by atoms with Crippen LogP contribution in [-0.4, -0.2) is 38.0 Å². The standard InChI is InChI=1S/C15H22N2O5S/c1-3-11(2)14(15(19)20)17-13(18)9-10-16-23(21,22)12-7-5-4-6-8-12/h4-8,11,14,16H,3,9-10H2,1-2H3,(H,17,18)(H,19,20)/t11-,14-/m0/s1. The number of aliphatic carboxylic acids is 1. The molecule has 0 aliphatic rings. The average molecular weight is 342 g/mol. The van der Waals surface area contributed by atoms with E-state index in [1.807, 2.05) is 6.92 Å². The summed E-state index contributed by atoms with van der Waals surface area (Å²) < 4.78 is 26.2. The Morgan fingerprint density at radius 1 is 1.22 bits per heavy atom. The molecule has 23 heavy (non-hydrogen) atoms. The van der Waals surface area contributed by atoms with Crippen LogP contribution in [0.3, 0.4) is 0 Å². The third-order valence-corrected chi connectivity index (χ3v) is 4.97. The number of hydrogen-bond donors (Lipinski definition) is 3. The van der Waals surface area contributed by atoms with E-state index in [9.17, 15) is 18.0 Å². The van der Waals surface area contributed by atoms with E-state index in [2.05, 4.69) is 10.0 Å². The van der Waals surface area contributed by atoms with E-state index in [1.54, 1.807) is 25.1 Å². The molecular weight excluding hydrogens is 320 g/mol. The van der Waals surface area contributed by atoms with E-state index in [1.165, 1.54) is 12.1 Å². The average Bonchev–Trinajstić information content (AvgIpc) is 2.52. The first-order valence-electron chi connectivity index (χ1n) is 7.34. The Morgan fingerprint density at radius 3 is 2.35 bits per heavy atom. The zero-order valence-electron chi connectivity index (χ0n) is 13.2. The number of nitrogens with one attached hydrogen (secondary N) is 2. The van der Waals surface area contributed by atoms with Crippen molar-refractivity contribution in [1.82, 2.24) is 10.0 Å². The van der Waals surface area contributed by atoms with Crippen LogP contribution in [0.15, 0.2) is 35.2 Å². The van der Waals surface area contributed by atoms with Crippen molar-refractivity contribution in [2.75, 3.05) is 6.54 Å². The third kappa shape index (κ3) is 5.99.